The first kappa shape index (κ1) is 20.1. The van der Waals surface area contributed by atoms with Crippen molar-refractivity contribution in [1.29, 1.82) is 0 Å². The van der Waals surface area contributed by atoms with Gasteiger partial charge in [0.25, 0.3) is 15.7 Å². The zero-order valence-electron chi connectivity index (χ0n) is 15.9. The van der Waals surface area contributed by atoms with Crippen molar-refractivity contribution < 1.29 is 18.1 Å². The molecule has 10 nitrogen and oxygen atoms in total. The lowest BCUT2D eigenvalue weighted by atomic mass is 10.2. The zero-order valence-corrected chi connectivity index (χ0v) is 16.7. The van der Waals surface area contributed by atoms with E-state index in [9.17, 15) is 18.5 Å². The third-order valence-electron chi connectivity index (χ3n) is 4.69. The van der Waals surface area contributed by atoms with Crippen LogP contribution in [0.25, 0.3) is 11.0 Å². The Kier molecular flexibility index (Phi) is 5.57. The number of nitro groups is 1. The van der Waals surface area contributed by atoms with E-state index in [-0.39, 0.29) is 16.4 Å². The summed E-state index contributed by atoms with van der Waals surface area (Å²) in [5.74, 6) is 0.103. The van der Waals surface area contributed by atoms with Crippen molar-refractivity contribution in [2.75, 3.05) is 31.0 Å². The fourth-order valence-corrected chi connectivity index (χ4v) is 4.22. The Bertz CT molecular complexity index is 1190. The van der Waals surface area contributed by atoms with Crippen LogP contribution in [0.2, 0.25) is 0 Å². The molecule has 1 aromatic heterocycles. The first-order chi connectivity index (χ1) is 14.4. The Hall–Kier alpha value is -3.15. The van der Waals surface area contributed by atoms with Crippen molar-refractivity contribution in [3.05, 3.63) is 64.3 Å². The van der Waals surface area contributed by atoms with Crippen LogP contribution >= 0.6 is 0 Å². The van der Waals surface area contributed by atoms with Gasteiger partial charge in [0, 0.05) is 31.8 Å². The Labute approximate surface area is 172 Å². The summed E-state index contributed by atoms with van der Waals surface area (Å²) >= 11 is 0. The highest BCUT2D eigenvalue weighted by molar-refractivity contribution is 7.92. The summed E-state index contributed by atoms with van der Waals surface area (Å²) in [7, 11) is -4.10. The molecule has 4 rings (SSSR count). The van der Waals surface area contributed by atoms with Crippen LogP contribution < -0.4 is 4.72 Å². The minimum absolute atomic E-state index is 0.103. The van der Waals surface area contributed by atoms with Crippen molar-refractivity contribution in [2.45, 2.75) is 11.4 Å². The second-order valence-electron chi connectivity index (χ2n) is 6.76. The van der Waals surface area contributed by atoms with Crippen molar-refractivity contribution in [1.82, 2.24) is 14.9 Å². The van der Waals surface area contributed by atoms with Crippen LogP contribution in [0.15, 0.2) is 53.4 Å². The maximum Gasteiger partial charge on any atom is 0.270 e. The van der Waals surface area contributed by atoms with E-state index in [2.05, 4.69) is 19.6 Å². The quantitative estimate of drug-likeness (QED) is 0.466. The summed E-state index contributed by atoms with van der Waals surface area (Å²) < 4.78 is 33.7. The molecule has 0 unspecified atom stereocenters. The second-order valence-corrected chi connectivity index (χ2v) is 8.44. The van der Waals surface area contributed by atoms with Gasteiger partial charge < -0.3 is 4.74 Å². The summed E-state index contributed by atoms with van der Waals surface area (Å²) in [5, 5.41) is 11.0. The van der Waals surface area contributed by atoms with E-state index in [1.807, 2.05) is 12.1 Å². The fourth-order valence-electron chi connectivity index (χ4n) is 3.15. The van der Waals surface area contributed by atoms with Crippen molar-refractivity contribution in [2.24, 2.45) is 0 Å². The van der Waals surface area contributed by atoms with E-state index >= 15 is 0 Å². The molecule has 1 N–H and O–H groups in total. The molecule has 1 fully saturated rings. The molecule has 1 saturated heterocycles. The van der Waals surface area contributed by atoms with Crippen LogP contribution in [-0.4, -0.2) is 54.5 Å². The molecular formula is C19H19N5O5S. The van der Waals surface area contributed by atoms with Crippen LogP contribution in [0.4, 0.5) is 11.5 Å². The predicted molar refractivity (Wildman–Crippen MR) is 110 cm³/mol. The largest absolute Gasteiger partial charge is 0.379 e. The molecule has 1 aliphatic heterocycles. The van der Waals surface area contributed by atoms with Gasteiger partial charge in [-0.15, -0.1) is 0 Å². The minimum Gasteiger partial charge on any atom is -0.379 e. The van der Waals surface area contributed by atoms with Gasteiger partial charge in [-0.05, 0) is 18.2 Å². The van der Waals surface area contributed by atoms with Gasteiger partial charge in [-0.3, -0.25) is 19.7 Å². The number of sulfonamides is 1. The number of benzene rings is 2. The Balaban J connectivity index is 1.72. The summed E-state index contributed by atoms with van der Waals surface area (Å²) in [4.78, 5) is 21.3. The van der Waals surface area contributed by atoms with Crippen molar-refractivity contribution in [3.8, 4) is 0 Å². The molecule has 0 bridgehead atoms. The molecule has 2 aromatic carbocycles. The van der Waals surface area contributed by atoms with Gasteiger partial charge in [0.2, 0.25) is 0 Å². The molecule has 0 amide bonds. The van der Waals surface area contributed by atoms with Crippen LogP contribution in [0, 0.1) is 10.1 Å². The van der Waals surface area contributed by atoms with Crippen LogP contribution in [0.1, 0.15) is 5.69 Å². The van der Waals surface area contributed by atoms with Crippen LogP contribution in [-0.2, 0) is 21.3 Å². The van der Waals surface area contributed by atoms with Gasteiger partial charge in [0.15, 0.2) is 5.82 Å². The number of rotatable bonds is 6. The molecule has 30 heavy (non-hydrogen) atoms. The fraction of sp³-hybridized carbons (Fsp3) is 0.263. The molecule has 0 radical (unpaired) electrons. The molecule has 3 aromatic rings. The predicted octanol–water partition coefficient (Wildman–Crippen LogP) is 2.17. The molecule has 0 atom stereocenters. The van der Waals surface area contributed by atoms with Gasteiger partial charge in [-0.2, -0.15) is 0 Å². The smallest absolute Gasteiger partial charge is 0.270 e. The number of hydrogen-bond acceptors (Lipinski definition) is 8. The Morgan fingerprint density at radius 1 is 1.07 bits per heavy atom. The van der Waals surface area contributed by atoms with E-state index in [0.29, 0.717) is 49.6 Å². The van der Waals surface area contributed by atoms with Gasteiger partial charge in [0.05, 0.1) is 39.8 Å². The van der Waals surface area contributed by atoms with E-state index in [1.165, 1.54) is 18.2 Å². The maximum atomic E-state index is 12.9. The topological polar surface area (TPSA) is 128 Å². The van der Waals surface area contributed by atoms with E-state index in [4.69, 9.17) is 4.74 Å². The first-order valence-corrected chi connectivity index (χ1v) is 10.7. The lowest BCUT2D eigenvalue weighted by molar-refractivity contribution is -0.385. The molecule has 0 saturated carbocycles. The summed E-state index contributed by atoms with van der Waals surface area (Å²) in [5.41, 5.74) is 1.36. The van der Waals surface area contributed by atoms with Crippen LogP contribution in [0.5, 0.6) is 0 Å². The van der Waals surface area contributed by atoms with Gasteiger partial charge in [-0.25, -0.2) is 18.4 Å². The van der Waals surface area contributed by atoms with Crippen molar-refractivity contribution >= 4 is 32.6 Å². The Morgan fingerprint density at radius 2 is 1.77 bits per heavy atom. The number of morpholine rings is 1. The third-order valence-corrected chi connectivity index (χ3v) is 6.03. The SMILES string of the molecule is O=[N+]([O-])c1cccc(S(=O)(=O)Nc2nc3ccccc3nc2CN2CCOCC2)c1. The van der Waals surface area contributed by atoms with Gasteiger partial charge >= 0.3 is 0 Å². The number of nitrogens with zero attached hydrogens (tertiary/aromatic N) is 4. The number of ether oxygens (including phenoxy) is 1. The number of anilines is 1. The summed E-state index contributed by atoms with van der Waals surface area (Å²) in [6.07, 6.45) is 0. The Morgan fingerprint density at radius 3 is 2.47 bits per heavy atom. The van der Waals surface area contributed by atoms with E-state index in [0.717, 1.165) is 6.07 Å². The highest BCUT2D eigenvalue weighted by Crippen LogP contribution is 2.24. The zero-order chi connectivity index (χ0) is 21.1. The van der Waals surface area contributed by atoms with Gasteiger partial charge in [0.1, 0.15) is 0 Å². The lowest BCUT2D eigenvalue weighted by Crippen LogP contribution is -2.36. The molecule has 11 heteroatoms. The number of non-ortho nitro benzene ring substituents is 1. The van der Waals surface area contributed by atoms with Crippen LogP contribution in [0.3, 0.4) is 0 Å². The number of aromatic nitrogens is 2. The van der Waals surface area contributed by atoms with Crippen molar-refractivity contribution in [3.63, 3.8) is 0 Å². The van der Waals surface area contributed by atoms with E-state index < -0.39 is 14.9 Å². The average molecular weight is 429 g/mol. The molecule has 0 aliphatic carbocycles. The normalized spacial score (nSPS) is 15.2. The number of nitrogens with one attached hydrogen (secondary N) is 1. The molecule has 0 spiro atoms. The number of nitro benzene ring substituents is 1. The molecule has 156 valence electrons. The number of fused-ring (bicyclic) bond motifs is 1. The standard InChI is InChI=1S/C19H19N5O5S/c25-24(26)14-4-3-5-15(12-14)30(27,28)22-19-18(13-23-8-10-29-11-9-23)20-16-6-1-2-7-17(16)21-19/h1-7,12H,8-11,13H2,(H,21,22). The second kappa shape index (κ2) is 8.30. The highest BCUT2D eigenvalue weighted by atomic mass is 32.2. The van der Waals surface area contributed by atoms with Gasteiger partial charge in [-0.1, -0.05) is 18.2 Å². The number of hydrogen-bond donors (Lipinski definition) is 1. The third kappa shape index (κ3) is 4.37. The minimum atomic E-state index is -4.10. The highest BCUT2D eigenvalue weighted by Gasteiger charge is 2.22. The first-order valence-electron chi connectivity index (χ1n) is 9.25. The van der Waals surface area contributed by atoms with E-state index in [1.54, 1.807) is 12.1 Å². The molecular weight excluding hydrogens is 410 g/mol. The summed E-state index contributed by atoms with van der Waals surface area (Å²) in [6.45, 7) is 2.98. The lowest BCUT2D eigenvalue weighted by Gasteiger charge is -2.26. The maximum absolute atomic E-state index is 12.9. The monoisotopic (exact) mass is 429 g/mol. The number of para-hydroxylation sites is 2. The molecule has 1 aliphatic rings. The average Bonchev–Trinajstić information content (AvgIpc) is 2.75. The molecule has 2 heterocycles. The summed E-state index contributed by atoms with van der Waals surface area (Å²) in [6, 6.07) is 12.0.